The molecule has 0 saturated carbocycles. The van der Waals surface area contributed by atoms with E-state index in [9.17, 15) is 0 Å². The molecule has 2 unspecified atom stereocenters. The number of halogens is 1. The van der Waals surface area contributed by atoms with Gasteiger partial charge in [-0.3, -0.25) is 0 Å². The average molecular weight is 285 g/mol. The van der Waals surface area contributed by atoms with Gasteiger partial charge in [0.05, 0.1) is 13.2 Å². The van der Waals surface area contributed by atoms with E-state index < -0.39 is 0 Å². The Morgan fingerprint density at radius 3 is 2.94 bits per heavy atom. The standard InChI is InChI=1S/C13H17BrO2/c1-9-5-6-16-13(8-14)11-4-3-10(15-2)7-12(9)11/h3-4,7,9,13H,5-6,8H2,1-2H3. The monoisotopic (exact) mass is 284 g/mol. The van der Waals surface area contributed by atoms with Crippen LogP contribution in [0.2, 0.25) is 0 Å². The lowest BCUT2D eigenvalue weighted by Gasteiger charge is -2.17. The molecule has 1 aliphatic heterocycles. The quantitative estimate of drug-likeness (QED) is 0.772. The first-order valence-electron chi connectivity index (χ1n) is 5.61. The van der Waals surface area contributed by atoms with E-state index >= 15 is 0 Å². The number of fused-ring (bicyclic) bond motifs is 1. The van der Waals surface area contributed by atoms with Crippen molar-refractivity contribution in [3.05, 3.63) is 29.3 Å². The number of hydrogen-bond donors (Lipinski definition) is 0. The van der Waals surface area contributed by atoms with Gasteiger partial charge in [-0.25, -0.2) is 0 Å². The highest BCUT2D eigenvalue weighted by molar-refractivity contribution is 9.09. The van der Waals surface area contributed by atoms with Crippen LogP contribution >= 0.6 is 15.9 Å². The van der Waals surface area contributed by atoms with Crippen LogP contribution in [0.15, 0.2) is 18.2 Å². The third-order valence-corrected chi connectivity index (χ3v) is 3.77. The number of hydrogen-bond acceptors (Lipinski definition) is 2. The molecule has 1 aliphatic rings. The minimum Gasteiger partial charge on any atom is -0.497 e. The molecule has 2 nitrogen and oxygen atoms in total. The summed E-state index contributed by atoms with van der Waals surface area (Å²) in [4.78, 5) is 0. The Labute approximate surface area is 105 Å². The zero-order chi connectivity index (χ0) is 11.5. The molecule has 1 heterocycles. The molecule has 88 valence electrons. The molecular weight excluding hydrogens is 268 g/mol. The molecule has 0 aromatic heterocycles. The summed E-state index contributed by atoms with van der Waals surface area (Å²) in [5, 5.41) is 0.846. The van der Waals surface area contributed by atoms with E-state index in [1.165, 1.54) is 11.1 Å². The van der Waals surface area contributed by atoms with Gasteiger partial charge < -0.3 is 9.47 Å². The molecule has 0 radical (unpaired) electrons. The second-order valence-electron chi connectivity index (χ2n) is 4.20. The second-order valence-corrected chi connectivity index (χ2v) is 4.85. The third kappa shape index (κ3) is 2.25. The number of ether oxygens (including phenoxy) is 2. The summed E-state index contributed by atoms with van der Waals surface area (Å²) >= 11 is 3.51. The maximum absolute atomic E-state index is 5.83. The highest BCUT2D eigenvalue weighted by atomic mass is 79.9. The first kappa shape index (κ1) is 11.9. The molecule has 1 aromatic carbocycles. The van der Waals surface area contributed by atoms with E-state index in [2.05, 4.69) is 35.0 Å². The van der Waals surface area contributed by atoms with Crippen molar-refractivity contribution in [2.45, 2.75) is 25.4 Å². The van der Waals surface area contributed by atoms with E-state index in [4.69, 9.17) is 9.47 Å². The average Bonchev–Trinajstić information content (AvgIpc) is 2.48. The number of alkyl halides is 1. The first-order valence-corrected chi connectivity index (χ1v) is 6.73. The largest absolute Gasteiger partial charge is 0.497 e. The smallest absolute Gasteiger partial charge is 0.119 e. The first-order chi connectivity index (χ1) is 7.76. The second kappa shape index (κ2) is 5.19. The van der Waals surface area contributed by atoms with Crippen LogP contribution in [0.4, 0.5) is 0 Å². The van der Waals surface area contributed by atoms with Gasteiger partial charge in [0.25, 0.3) is 0 Å². The molecular formula is C13H17BrO2. The fourth-order valence-corrected chi connectivity index (χ4v) is 2.70. The molecule has 0 bridgehead atoms. The molecule has 16 heavy (non-hydrogen) atoms. The Hall–Kier alpha value is -0.540. The minimum atomic E-state index is 0.172. The lowest BCUT2D eigenvalue weighted by Crippen LogP contribution is -2.05. The van der Waals surface area contributed by atoms with Crippen LogP contribution in [0.25, 0.3) is 0 Å². The summed E-state index contributed by atoms with van der Waals surface area (Å²) in [6, 6.07) is 6.28. The van der Waals surface area contributed by atoms with Crippen LogP contribution in [0, 0.1) is 0 Å². The molecule has 1 aromatic rings. The van der Waals surface area contributed by atoms with Crippen LogP contribution in [-0.4, -0.2) is 19.0 Å². The van der Waals surface area contributed by atoms with Gasteiger partial charge in [0.2, 0.25) is 0 Å². The summed E-state index contributed by atoms with van der Waals surface area (Å²) < 4.78 is 11.1. The van der Waals surface area contributed by atoms with Gasteiger partial charge in [0.15, 0.2) is 0 Å². The lowest BCUT2D eigenvalue weighted by atomic mass is 9.92. The number of benzene rings is 1. The Morgan fingerprint density at radius 1 is 1.44 bits per heavy atom. The maximum Gasteiger partial charge on any atom is 0.119 e. The Kier molecular flexibility index (Phi) is 3.87. The molecule has 0 saturated heterocycles. The summed E-state index contributed by atoms with van der Waals surface area (Å²) in [5.41, 5.74) is 2.66. The fraction of sp³-hybridized carbons (Fsp3) is 0.538. The predicted molar refractivity (Wildman–Crippen MR) is 68.5 cm³/mol. The van der Waals surface area contributed by atoms with Crippen molar-refractivity contribution >= 4 is 15.9 Å². The third-order valence-electron chi connectivity index (χ3n) is 3.18. The Morgan fingerprint density at radius 2 is 2.25 bits per heavy atom. The summed E-state index contributed by atoms with van der Waals surface area (Å²) in [7, 11) is 1.71. The van der Waals surface area contributed by atoms with E-state index in [0.29, 0.717) is 5.92 Å². The van der Waals surface area contributed by atoms with Crippen molar-refractivity contribution in [3.8, 4) is 5.75 Å². The van der Waals surface area contributed by atoms with E-state index in [-0.39, 0.29) is 6.10 Å². The summed E-state index contributed by atoms with van der Waals surface area (Å²) in [5.74, 6) is 1.47. The SMILES string of the molecule is COc1ccc2c(c1)C(C)CCOC2CBr. The summed E-state index contributed by atoms with van der Waals surface area (Å²) in [6.07, 6.45) is 1.25. The van der Waals surface area contributed by atoms with Crippen LogP contribution in [0.5, 0.6) is 5.75 Å². The van der Waals surface area contributed by atoms with Crippen LogP contribution in [0.1, 0.15) is 36.5 Å². The molecule has 2 rings (SSSR count). The van der Waals surface area contributed by atoms with Gasteiger partial charge in [-0.1, -0.05) is 28.9 Å². The summed E-state index contributed by atoms with van der Waals surface area (Å²) in [6.45, 7) is 3.08. The van der Waals surface area contributed by atoms with E-state index in [1.54, 1.807) is 7.11 Å². The van der Waals surface area contributed by atoms with E-state index in [0.717, 1.165) is 24.1 Å². The van der Waals surface area contributed by atoms with Crippen LogP contribution < -0.4 is 4.74 Å². The topological polar surface area (TPSA) is 18.5 Å². The van der Waals surface area contributed by atoms with Gasteiger partial charge in [-0.05, 0) is 35.6 Å². The van der Waals surface area contributed by atoms with Crippen molar-refractivity contribution in [1.82, 2.24) is 0 Å². The normalized spacial score (nSPS) is 24.7. The van der Waals surface area contributed by atoms with Gasteiger partial charge in [0.1, 0.15) is 5.75 Å². The molecule has 0 spiro atoms. The van der Waals surface area contributed by atoms with Crippen molar-refractivity contribution in [3.63, 3.8) is 0 Å². The van der Waals surface area contributed by atoms with Gasteiger partial charge in [0, 0.05) is 11.9 Å². The van der Waals surface area contributed by atoms with Gasteiger partial charge >= 0.3 is 0 Å². The zero-order valence-corrected chi connectivity index (χ0v) is 11.3. The number of methoxy groups -OCH3 is 1. The van der Waals surface area contributed by atoms with Crippen LogP contribution in [-0.2, 0) is 4.74 Å². The molecule has 2 atom stereocenters. The molecule has 0 aliphatic carbocycles. The molecule has 0 N–H and O–H groups in total. The van der Waals surface area contributed by atoms with Crippen LogP contribution in [0.3, 0.4) is 0 Å². The minimum absolute atomic E-state index is 0.172. The van der Waals surface area contributed by atoms with Gasteiger partial charge in [-0.15, -0.1) is 0 Å². The van der Waals surface area contributed by atoms with Crippen molar-refractivity contribution in [2.75, 3.05) is 19.0 Å². The number of rotatable bonds is 2. The highest BCUT2D eigenvalue weighted by Gasteiger charge is 2.22. The highest BCUT2D eigenvalue weighted by Crippen LogP contribution is 2.36. The fourth-order valence-electron chi connectivity index (χ4n) is 2.16. The Bertz CT molecular complexity index is 365. The van der Waals surface area contributed by atoms with Gasteiger partial charge in [-0.2, -0.15) is 0 Å². The molecule has 3 heteroatoms. The zero-order valence-electron chi connectivity index (χ0n) is 9.70. The Balaban J connectivity index is 2.44. The maximum atomic E-state index is 5.83. The van der Waals surface area contributed by atoms with Crippen molar-refractivity contribution < 1.29 is 9.47 Å². The van der Waals surface area contributed by atoms with E-state index in [1.807, 2.05) is 6.07 Å². The van der Waals surface area contributed by atoms with Crippen molar-refractivity contribution in [2.24, 2.45) is 0 Å². The lowest BCUT2D eigenvalue weighted by molar-refractivity contribution is 0.0723. The predicted octanol–water partition coefficient (Wildman–Crippen LogP) is 3.66. The van der Waals surface area contributed by atoms with Crippen molar-refractivity contribution in [1.29, 1.82) is 0 Å². The molecule has 0 amide bonds. The molecule has 0 fully saturated rings.